The second-order valence-electron chi connectivity index (χ2n) is 3.51. The molecule has 1 aromatic rings. The van der Waals surface area contributed by atoms with Crippen molar-refractivity contribution in [1.82, 2.24) is 9.97 Å². The van der Waals surface area contributed by atoms with Crippen LogP contribution in [0, 0.1) is 5.92 Å². The highest BCUT2D eigenvalue weighted by Crippen LogP contribution is 2.32. The van der Waals surface area contributed by atoms with Crippen molar-refractivity contribution in [1.29, 1.82) is 0 Å². The predicted molar refractivity (Wildman–Crippen MR) is 65.4 cm³/mol. The fourth-order valence-corrected chi connectivity index (χ4v) is 2.17. The highest BCUT2D eigenvalue weighted by Gasteiger charge is 2.31. The summed E-state index contributed by atoms with van der Waals surface area (Å²) in [5.74, 6) is 0.725. The van der Waals surface area contributed by atoms with Gasteiger partial charge in [-0.1, -0.05) is 17.7 Å². The summed E-state index contributed by atoms with van der Waals surface area (Å²) < 4.78 is 0.551. The molecule has 0 bridgehead atoms. The Morgan fingerprint density at radius 2 is 2.38 bits per heavy atom. The number of amides is 1. The van der Waals surface area contributed by atoms with Crippen molar-refractivity contribution >= 4 is 39.3 Å². The van der Waals surface area contributed by atoms with Gasteiger partial charge < -0.3 is 0 Å². The molecular formula is C10H9BrClN3O. The zero-order valence-corrected chi connectivity index (χ0v) is 10.7. The van der Waals surface area contributed by atoms with E-state index in [4.69, 9.17) is 11.6 Å². The number of aromatic nitrogens is 2. The van der Waals surface area contributed by atoms with Crippen molar-refractivity contribution < 1.29 is 4.79 Å². The normalized spacial score (nSPS) is 20.2. The molecule has 1 fully saturated rings. The maximum atomic E-state index is 11.8. The van der Waals surface area contributed by atoms with E-state index in [0.717, 1.165) is 0 Å². The Balaban J connectivity index is 2.35. The van der Waals surface area contributed by atoms with E-state index in [1.165, 1.54) is 6.33 Å². The minimum atomic E-state index is 0.0281. The predicted octanol–water partition coefficient (Wildman–Crippen LogP) is 2.43. The lowest BCUT2D eigenvalue weighted by Gasteiger charge is -2.16. The molecule has 1 unspecified atom stereocenters. The number of anilines is 1. The van der Waals surface area contributed by atoms with E-state index in [0.29, 0.717) is 28.4 Å². The summed E-state index contributed by atoms with van der Waals surface area (Å²) in [5, 5.41) is 0.305. The van der Waals surface area contributed by atoms with Crippen LogP contribution in [0.25, 0.3) is 0 Å². The molecule has 1 amide bonds. The van der Waals surface area contributed by atoms with Gasteiger partial charge in [-0.3, -0.25) is 9.69 Å². The largest absolute Gasteiger partial charge is 0.295 e. The van der Waals surface area contributed by atoms with Gasteiger partial charge in [-0.15, -0.1) is 6.58 Å². The summed E-state index contributed by atoms with van der Waals surface area (Å²) in [5.41, 5.74) is 0. The van der Waals surface area contributed by atoms with Gasteiger partial charge in [-0.05, 0) is 15.9 Å². The molecule has 2 heterocycles. The Morgan fingerprint density at radius 1 is 1.62 bits per heavy atom. The lowest BCUT2D eigenvalue weighted by Crippen LogP contribution is -2.26. The Bertz CT molecular complexity index is 452. The number of carbonyl (C=O) groups excluding carboxylic acids is 1. The number of hydrogen-bond acceptors (Lipinski definition) is 3. The molecule has 1 aromatic heterocycles. The third-order valence-corrected chi connectivity index (χ3v) is 3.72. The first-order valence-corrected chi connectivity index (χ1v) is 5.89. The number of nitrogens with zero attached hydrogens (tertiary/aromatic N) is 3. The standard InChI is InChI=1S/C10H9BrClN3O/c1-2-6-3-7(16)15(4-6)10-8(11)9(12)13-5-14-10/h2,5-6H,1,3-4H2. The molecule has 0 spiro atoms. The number of rotatable bonds is 2. The molecule has 84 valence electrons. The van der Waals surface area contributed by atoms with Crippen LogP contribution < -0.4 is 4.90 Å². The maximum absolute atomic E-state index is 11.8. The van der Waals surface area contributed by atoms with Crippen molar-refractivity contribution in [3.05, 3.63) is 28.6 Å². The summed E-state index contributed by atoms with van der Waals surface area (Å²) >= 11 is 9.14. The molecule has 1 saturated heterocycles. The van der Waals surface area contributed by atoms with Crippen molar-refractivity contribution in [2.24, 2.45) is 5.92 Å². The highest BCUT2D eigenvalue weighted by molar-refractivity contribution is 9.10. The van der Waals surface area contributed by atoms with E-state index in [9.17, 15) is 4.79 Å². The van der Waals surface area contributed by atoms with Crippen molar-refractivity contribution in [2.75, 3.05) is 11.4 Å². The highest BCUT2D eigenvalue weighted by atomic mass is 79.9. The summed E-state index contributed by atoms with van der Waals surface area (Å²) in [7, 11) is 0. The molecule has 1 aliphatic rings. The van der Waals surface area contributed by atoms with Crippen LogP contribution in [0.2, 0.25) is 5.15 Å². The van der Waals surface area contributed by atoms with Gasteiger partial charge in [-0.25, -0.2) is 9.97 Å². The van der Waals surface area contributed by atoms with Crippen LogP contribution in [0.5, 0.6) is 0 Å². The van der Waals surface area contributed by atoms with Gasteiger partial charge in [-0.2, -0.15) is 0 Å². The Hall–Kier alpha value is -0.940. The van der Waals surface area contributed by atoms with Crippen molar-refractivity contribution in [3.8, 4) is 0 Å². The van der Waals surface area contributed by atoms with E-state index in [1.807, 2.05) is 0 Å². The lowest BCUT2D eigenvalue weighted by atomic mass is 10.1. The average molecular weight is 303 g/mol. The summed E-state index contributed by atoms with van der Waals surface area (Å²) in [6, 6.07) is 0. The van der Waals surface area contributed by atoms with Crippen molar-refractivity contribution in [3.63, 3.8) is 0 Å². The van der Waals surface area contributed by atoms with E-state index < -0.39 is 0 Å². The number of hydrogen-bond donors (Lipinski definition) is 0. The summed E-state index contributed by atoms with van der Waals surface area (Å²) in [6.07, 6.45) is 3.60. The molecular weight excluding hydrogens is 293 g/mol. The fourth-order valence-electron chi connectivity index (χ4n) is 1.63. The molecule has 0 radical (unpaired) electrons. The maximum Gasteiger partial charge on any atom is 0.228 e. The molecule has 1 atom stereocenters. The Kier molecular flexibility index (Phi) is 3.25. The molecule has 0 aromatic carbocycles. The molecule has 16 heavy (non-hydrogen) atoms. The van der Waals surface area contributed by atoms with Crippen LogP contribution in [0.3, 0.4) is 0 Å². The van der Waals surface area contributed by atoms with Gasteiger partial charge in [0.05, 0.1) is 4.47 Å². The number of carbonyl (C=O) groups is 1. The lowest BCUT2D eigenvalue weighted by molar-refractivity contribution is -0.117. The third-order valence-electron chi connectivity index (χ3n) is 2.47. The Morgan fingerprint density at radius 3 is 3.00 bits per heavy atom. The van der Waals surface area contributed by atoms with E-state index in [-0.39, 0.29) is 11.8 Å². The van der Waals surface area contributed by atoms with E-state index in [1.54, 1.807) is 11.0 Å². The van der Waals surface area contributed by atoms with Crippen molar-refractivity contribution in [2.45, 2.75) is 6.42 Å². The molecule has 4 nitrogen and oxygen atoms in total. The fraction of sp³-hybridized carbons (Fsp3) is 0.300. The SMILES string of the molecule is C=CC1CC(=O)N(c2ncnc(Cl)c2Br)C1. The van der Waals surface area contributed by atoms with Crippen LogP contribution in [0.4, 0.5) is 5.82 Å². The van der Waals surface area contributed by atoms with Crippen LogP contribution in [-0.4, -0.2) is 22.4 Å². The van der Waals surface area contributed by atoms with Gasteiger partial charge in [0, 0.05) is 18.9 Å². The molecule has 1 aliphatic heterocycles. The first kappa shape index (κ1) is 11.5. The monoisotopic (exact) mass is 301 g/mol. The van der Waals surface area contributed by atoms with Gasteiger partial charge in [0.1, 0.15) is 11.5 Å². The zero-order valence-electron chi connectivity index (χ0n) is 8.36. The summed E-state index contributed by atoms with van der Waals surface area (Å²) in [6.45, 7) is 4.29. The minimum absolute atomic E-state index is 0.0281. The van der Waals surface area contributed by atoms with E-state index in [2.05, 4.69) is 32.5 Å². The molecule has 6 heteroatoms. The quantitative estimate of drug-likeness (QED) is 0.622. The molecule has 0 aliphatic carbocycles. The molecule has 0 saturated carbocycles. The first-order valence-electron chi connectivity index (χ1n) is 4.72. The second kappa shape index (κ2) is 4.51. The topological polar surface area (TPSA) is 46.1 Å². The van der Waals surface area contributed by atoms with E-state index >= 15 is 0 Å². The van der Waals surface area contributed by atoms with Gasteiger partial charge >= 0.3 is 0 Å². The first-order chi connectivity index (χ1) is 7.63. The smallest absolute Gasteiger partial charge is 0.228 e. The summed E-state index contributed by atoms with van der Waals surface area (Å²) in [4.78, 5) is 21.3. The second-order valence-corrected chi connectivity index (χ2v) is 4.66. The minimum Gasteiger partial charge on any atom is -0.295 e. The van der Waals surface area contributed by atoms with Gasteiger partial charge in [0.2, 0.25) is 5.91 Å². The third kappa shape index (κ3) is 1.97. The number of halogens is 2. The van der Waals surface area contributed by atoms with Crippen LogP contribution in [-0.2, 0) is 4.79 Å². The van der Waals surface area contributed by atoms with Gasteiger partial charge in [0.15, 0.2) is 5.82 Å². The molecule has 0 N–H and O–H groups in total. The Labute approximate surface area is 106 Å². The zero-order chi connectivity index (χ0) is 11.7. The van der Waals surface area contributed by atoms with Crippen LogP contribution >= 0.6 is 27.5 Å². The van der Waals surface area contributed by atoms with Crippen LogP contribution in [0.15, 0.2) is 23.5 Å². The van der Waals surface area contributed by atoms with Crippen LogP contribution in [0.1, 0.15) is 6.42 Å². The average Bonchev–Trinajstić information content (AvgIpc) is 2.64. The van der Waals surface area contributed by atoms with Gasteiger partial charge in [0.25, 0.3) is 0 Å². The molecule has 2 rings (SSSR count).